The lowest BCUT2D eigenvalue weighted by molar-refractivity contribution is -0.137. The van der Waals surface area contributed by atoms with E-state index in [1.54, 1.807) is 7.11 Å². The van der Waals surface area contributed by atoms with Crippen LogP contribution in [-0.4, -0.2) is 43.4 Å². The van der Waals surface area contributed by atoms with E-state index in [1.807, 2.05) is 36.1 Å². The number of methoxy groups -OCH3 is 1. The Morgan fingerprint density at radius 3 is 2.83 bits per heavy atom. The molecule has 7 heteroatoms. The molecule has 7 nitrogen and oxygen atoms in total. The minimum atomic E-state index is -0.315. The van der Waals surface area contributed by atoms with Crippen molar-refractivity contribution >= 4 is 5.91 Å². The number of rotatable bonds is 7. The molecule has 0 spiro atoms. The molecule has 1 fully saturated rings. The van der Waals surface area contributed by atoms with Gasteiger partial charge < -0.3 is 19.1 Å². The molecular formula is C23H29N3O4. The molecular weight excluding hydrogens is 382 g/mol. The normalized spacial score (nSPS) is 20.9. The third-order valence-electron chi connectivity index (χ3n) is 5.66. The van der Waals surface area contributed by atoms with Crippen LogP contribution in [0.25, 0.3) is 0 Å². The number of hydrogen-bond acceptors (Lipinski definition) is 6. The minimum Gasteiger partial charge on any atom is -0.454 e. The van der Waals surface area contributed by atoms with Crippen molar-refractivity contribution in [3.8, 4) is 11.5 Å². The highest BCUT2D eigenvalue weighted by Crippen LogP contribution is 2.35. The number of hydrazine groups is 1. The van der Waals surface area contributed by atoms with E-state index < -0.39 is 0 Å². The molecule has 2 aromatic rings. The number of carbonyl (C=O) groups is 1. The summed E-state index contributed by atoms with van der Waals surface area (Å²) in [6.45, 7) is 5.38. The van der Waals surface area contributed by atoms with Gasteiger partial charge in [-0.25, -0.2) is 10.9 Å². The summed E-state index contributed by atoms with van der Waals surface area (Å²) in [5, 5.41) is 0. The minimum absolute atomic E-state index is 0.0204. The van der Waals surface area contributed by atoms with Crippen LogP contribution in [0.2, 0.25) is 0 Å². The Kier molecular flexibility index (Phi) is 6.22. The first-order chi connectivity index (χ1) is 14.5. The number of benzene rings is 2. The lowest BCUT2D eigenvalue weighted by atomic mass is 10.0. The largest absolute Gasteiger partial charge is 0.454 e. The molecule has 1 amide bonds. The number of amides is 1. The van der Waals surface area contributed by atoms with Crippen molar-refractivity contribution in [2.75, 3.05) is 20.5 Å². The topological polar surface area (TPSA) is 72.1 Å². The third kappa shape index (κ3) is 4.43. The zero-order chi connectivity index (χ0) is 21.1. The van der Waals surface area contributed by atoms with Gasteiger partial charge in [-0.2, -0.15) is 0 Å². The van der Waals surface area contributed by atoms with Crippen LogP contribution >= 0.6 is 0 Å². The first-order valence-corrected chi connectivity index (χ1v) is 10.3. The molecule has 160 valence electrons. The number of fused-ring (bicyclic) bond motifs is 1. The number of aryl methyl sites for hydroxylation is 1. The van der Waals surface area contributed by atoms with Crippen LogP contribution in [-0.2, 0) is 16.1 Å². The number of carbonyl (C=O) groups excluding carboxylic acids is 1. The van der Waals surface area contributed by atoms with Crippen molar-refractivity contribution in [1.29, 1.82) is 0 Å². The summed E-state index contributed by atoms with van der Waals surface area (Å²) in [4.78, 5) is 15.3. The average molecular weight is 412 g/mol. The Morgan fingerprint density at radius 2 is 2.03 bits per heavy atom. The highest BCUT2D eigenvalue weighted by molar-refractivity contribution is 5.82. The smallest absolute Gasteiger partial charge is 0.241 e. The zero-order valence-corrected chi connectivity index (χ0v) is 17.7. The molecule has 0 radical (unpaired) electrons. The maximum absolute atomic E-state index is 13.4. The molecule has 0 aliphatic carbocycles. The summed E-state index contributed by atoms with van der Waals surface area (Å²) < 4.78 is 16.2. The first kappa shape index (κ1) is 20.7. The van der Waals surface area contributed by atoms with Gasteiger partial charge in [0.15, 0.2) is 11.5 Å². The monoisotopic (exact) mass is 411 g/mol. The fourth-order valence-electron chi connectivity index (χ4n) is 4.06. The summed E-state index contributed by atoms with van der Waals surface area (Å²) in [5.41, 5.74) is 9.83. The fraction of sp³-hybridized carbons (Fsp3) is 0.435. The maximum Gasteiger partial charge on any atom is 0.241 e. The van der Waals surface area contributed by atoms with Crippen LogP contribution in [0.5, 0.6) is 11.5 Å². The highest BCUT2D eigenvalue weighted by atomic mass is 16.7. The summed E-state index contributed by atoms with van der Waals surface area (Å²) in [7, 11) is 1.66. The Balaban J connectivity index is 1.47. The van der Waals surface area contributed by atoms with Gasteiger partial charge in [0, 0.05) is 19.7 Å². The fourth-order valence-corrected chi connectivity index (χ4v) is 4.06. The quantitative estimate of drug-likeness (QED) is 0.730. The molecule has 2 aliphatic heterocycles. The third-order valence-corrected chi connectivity index (χ3v) is 5.66. The van der Waals surface area contributed by atoms with Gasteiger partial charge in [-0.1, -0.05) is 35.9 Å². The lowest BCUT2D eigenvalue weighted by Gasteiger charge is -2.31. The summed E-state index contributed by atoms with van der Waals surface area (Å²) >= 11 is 0. The van der Waals surface area contributed by atoms with Gasteiger partial charge in [0.2, 0.25) is 12.7 Å². The second-order valence-electron chi connectivity index (χ2n) is 8.00. The number of nitrogens with zero attached hydrogens (tertiary/aromatic N) is 1. The second kappa shape index (κ2) is 9.04. The van der Waals surface area contributed by atoms with Crippen LogP contribution in [0.15, 0.2) is 42.5 Å². The van der Waals surface area contributed by atoms with Gasteiger partial charge in [-0.15, -0.1) is 0 Å². The van der Waals surface area contributed by atoms with Gasteiger partial charge in [0.25, 0.3) is 0 Å². The predicted octanol–water partition coefficient (Wildman–Crippen LogP) is 2.70. The van der Waals surface area contributed by atoms with Crippen molar-refractivity contribution < 1.29 is 19.0 Å². The van der Waals surface area contributed by atoms with Crippen molar-refractivity contribution in [2.24, 2.45) is 0 Å². The molecule has 2 aliphatic rings. The molecule has 4 rings (SSSR count). The van der Waals surface area contributed by atoms with Crippen molar-refractivity contribution in [2.45, 2.75) is 44.9 Å². The van der Waals surface area contributed by atoms with E-state index in [0.717, 1.165) is 22.6 Å². The Labute approximate surface area is 177 Å². The Bertz CT molecular complexity index is 904. The molecule has 3 unspecified atom stereocenters. The SMILES string of the molecule is COCC(C)N(Cc1cccc(C)c1)C(=O)C1CC(c2ccc3c(c2)OCO3)NN1. The zero-order valence-electron chi connectivity index (χ0n) is 17.7. The average Bonchev–Trinajstić information content (AvgIpc) is 3.40. The van der Waals surface area contributed by atoms with E-state index in [9.17, 15) is 4.79 Å². The first-order valence-electron chi connectivity index (χ1n) is 10.3. The van der Waals surface area contributed by atoms with Gasteiger partial charge in [0.1, 0.15) is 6.04 Å². The van der Waals surface area contributed by atoms with Gasteiger partial charge in [-0.3, -0.25) is 4.79 Å². The molecule has 2 aromatic carbocycles. The molecule has 0 saturated carbocycles. The van der Waals surface area contributed by atoms with E-state index in [2.05, 4.69) is 36.0 Å². The van der Waals surface area contributed by atoms with Crippen molar-refractivity contribution in [1.82, 2.24) is 15.8 Å². The highest BCUT2D eigenvalue weighted by Gasteiger charge is 2.35. The number of nitrogens with one attached hydrogen (secondary N) is 2. The van der Waals surface area contributed by atoms with Crippen LogP contribution in [0.1, 0.15) is 36.1 Å². The Hall–Kier alpha value is -2.61. The molecule has 2 heterocycles. The molecule has 0 bridgehead atoms. The van der Waals surface area contributed by atoms with Crippen LogP contribution in [0.4, 0.5) is 0 Å². The summed E-state index contributed by atoms with van der Waals surface area (Å²) in [6.07, 6.45) is 0.655. The molecule has 1 saturated heterocycles. The van der Waals surface area contributed by atoms with Crippen LogP contribution in [0, 0.1) is 6.92 Å². The number of ether oxygens (including phenoxy) is 3. The van der Waals surface area contributed by atoms with Crippen LogP contribution < -0.4 is 20.3 Å². The molecule has 3 atom stereocenters. The van der Waals surface area contributed by atoms with E-state index >= 15 is 0 Å². The van der Waals surface area contributed by atoms with Gasteiger partial charge >= 0.3 is 0 Å². The van der Waals surface area contributed by atoms with Crippen LogP contribution in [0.3, 0.4) is 0 Å². The van der Waals surface area contributed by atoms with Crippen molar-refractivity contribution in [3.05, 3.63) is 59.2 Å². The second-order valence-corrected chi connectivity index (χ2v) is 8.00. The standard InChI is InChI=1S/C23H29N3O4/c1-15-5-4-6-17(9-15)12-26(16(2)13-28-3)23(27)20-11-19(24-25-20)18-7-8-21-22(10-18)30-14-29-21/h4-10,16,19-20,24-25H,11-14H2,1-3H3. The molecule has 30 heavy (non-hydrogen) atoms. The molecule has 0 aromatic heterocycles. The number of hydrogen-bond donors (Lipinski definition) is 2. The molecule has 2 N–H and O–H groups in total. The van der Waals surface area contributed by atoms with E-state index in [0.29, 0.717) is 19.6 Å². The van der Waals surface area contributed by atoms with Crippen molar-refractivity contribution in [3.63, 3.8) is 0 Å². The van der Waals surface area contributed by atoms with E-state index in [1.165, 1.54) is 5.56 Å². The maximum atomic E-state index is 13.4. The van der Waals surface area contributed by atoms with Gasteiger partial charge in [-0.05, 0) is 43.5 Å². The predicted molar refractivity (Wildman–Crippen MR) is 113 cm³/mol. The summed E-state index contributed by atoms with van der Waals surface area (Å²) in [5.74, 6) is 1.57. The lowest BCUT2D eigenvalue weighted by Crippen LogP contribution is -2.49. The van der Waals surface area contributed by atoms with E-state index in [-0.39, 0.29) is 30.8 Å². The summed E-state index contributed by atoms with van der Waals surface area (Å²) in [6, 6.07) is 13.8. The van der Waals surface area contributed by atoms with Gasteiger partial charge in [0.05, 0.1) is 12.6 Å². The van der Waals surface area contributed by atoms with E-state index in [4.69, 9.17) is 14.2 Å². The Morgan fingerprint density at radius 1 is 1.20 bits per heavy atom.